The van der Waals surface area contributed by atoms with E-state index in [2.05, 4.69) is 15.5 Å². The lowest BCUT2D eigenvalue weighted by Crippen LogP contribution is -2.29. The molecule has 0 radical (unpaired) electrons. The molecule has 0 saturated carbocycles. The quantitative estimate of drug-likeness (QED) is 0.257. The molecule has 180 valence electrons. The smallest absolute Gasteiger partial charge is 0.230 e. The predicted molar refractivity (Wildman–Crippen MR) is 129 cm³/mol. The van der Waals surface area contributed by atoms with Crippen LogP contribution in [0.25, 0.3) is 17.1 Å². The van der Waals surface area contributed by atoms with Crippen molar-refractivity contribution in [1.82, 2.24) is 20.1 Å². The summed E-state index contributed by atoms with van der Waals surface area (Å²) in [6.07, 6.45) is 0. The van der Waals surface area contributed by atoms with Gasteiger partial charge in [-0.15, -0.1) is 10.2 Å². The van der Waals surface area contributed by atoms with Crippen molar-refractivity contribution in [2.24, 2.45) is 0 Å². The Morgan fingerprint density at radius 1 is 0.943 bits per heavy atom. The lowest BCUT2D eigenvalue weighted by atomic mass is 10.2. The van der Waals surface area contributed by atoms with E-state index in [0.717, 1.165) is 0 Å². The fourth-order valence-electron chi connectivity index (χ4n) is 3.24. The molecule has 0 saturated heterocycles. The molecule has 35 heavy (non-hydrogen) atoms. The molecule has 0 aliphatic rings. The molecule has 4 rings (SSSR count). The molecule has 7 nitrogen and oxygen atoms in total. The first-order chi connectivity index (χ1) is 17.0. The highest BCUT2D eigenvalue weighted by molar-refractivity contribution is 7.99. The lowest BCUT2D eigenvalue weighted by molar-refractivity contribution is -0.118. The van der Waals surface area contributed by atoms with Gasteiger partial charge in [0.15, 0.2) is 22.5 Å². The van der Waals surface area contributed by atoms with Crippen LogP contribution < -0.4 is 14.8 Å². The van der Waals surface area contributed by atoms with E-state index in [1.165, 1.54) is 36.0 Å². The van der Waals surface area contributed by atoms with Crippen LogP contribution >= 0.6 is 11.8 Å². The zero-order chi connectivity index (χ0) is 24.6. The van der Waals surface area contributed by atoms with Crippen molar-refractivity contribution in [1.29, 1.82) is 0 Å². The normalized spacial score (nSPS) is 10.7. The summed E-state index contributed by atoms with van der Waals surface area (Å²) < 4.78 is 39.5. The van der Waals surface area contributed by atoms with Gasteiger partial charge in [0.2, 0.25) is 5.91 Å². The standard InChI is InChI=1S/C25H22F2N4O3S/c1-33-21-4-2-3-5-22(21)34-15-14-28-23(32)16-35-25-30-29-24(17-6-8-18(26)9-7-17)31(25)20-12-10-19(27)11-13-20/h2-13H,14-16H2,1H3,(H,28,32). The van der Waals surface area contributed by atoms with Crippen molar-refractivity contribution in [3.63, 3.8) is 0 Å². The van der Waals surface area contributed by atoms with E-state index in [0.29, 0.717) is 40.3 Å². The Labute approximate surface area is 205 Å². The number of amides is 1. The first kappa shape index (κ1) is 24.2. The number of methoxy groups -OCH3 is 1. The van der Waals surface area contributed by atoms with E-state index in [1.807, 2.05) is 12.1 Å². The van der Waals surface area contributed by atoms with Gasteiger partial charge in [-0.3, -0.25) is 9.36 Å². The number of nitrogens with one attached hydrogen (secondary N) is 1. The van der Waals surface area contributed by atoms with Crippen LogP contribution in [0.5, 0.6) is 11.5 Å². The van der Waals surface area contributed by atoms with Gasteiger partial charge in [0.1, 0.15) is 18.2 Å². The molecule has 3 aromatic carbocycles. The van der Waals surface area contributed by atoms with Crippen LogP contribution in [-0.2, 0) is 4.79 Å². The number of carbonyl (C=O) groups excluding carboxylic acids is 1. The third-order valence-corrected chi connectivity index (χ3v) is 5.83. The fourth-order valence-corrected chi connectivity index (χ4v) is 4.02. The van der Waals surface area contributed by atoms with E-state index in [9.17, 15) is 13.6 Å². The average Bonchev–Trinajstić information content (AvgIpc) is 3.30. The van der Waals surface area contributed by atoms with Gasteiger partial charge in [0.25, 0.3) is 0 Å². The predicted octanol–water partition coefficient (Wildman–Crippen LogP) is 4.51. The third kappa shape index (κ3) is 6.15. The highest BCUT2D eigenvalue weighted by atomic mass is 32.2. The second kappa shape index (κ2) is 11.5. The van der Waals surface area contributed by atoms with Crippen LogP contribution in [0.3, 0.4) is 0 Å². The second-order valence-corrected chi connectivity index (χ2v) is 8.21. The molecule has 1 heterocycles. The Bertz CT molecular complexity index is 1280. The number of aromatic nitrogens is 3. The molecule has 0 aliphatic carbocycles. The van der Waals surface area contributed by atoms with Gasteiger partial charge in [-0.05, 0) is 60.7 Å². The summed E-state index contributed by atoms with van der Waals surface area (Å²) in [5.74, 6) is 0.778. The van der Waals surface area contributed by atoms with Crippen LogP contribution in [0, 0.1) is 11.6 Å². The van der Waals surface area contributed by atoms with Crippen molar-refractivity contribution < 1.29 is 23.0 Å². The van der Waals surface area contributed by atoms with Crippen molar-refractivity contribution in [2.45, 2.75) is 5.16 Å². The van der Waals surface area contributed by atoms with Gasteiger partial charge in [0, 0.05) is 11.3 Å². The first-order valence-corrected chi connectivity index (χ1v) is 11.7. The first-order valence-electron chi connectivity index (χ1n) is 10.7. The van der Waals surface area contributed by atoms with E-state index in [4.69, 9.17) is 9.47 Å². The maximum absolute atomic E-state index is 13.5. The van der Waals surface area contributed by atoms with Gasteiger partial charge in [-0.2, -0.15) is 0 Å². The van der Waals surface area contributed by atoms with Gasteiger partial charge in [-0.1, -0.05) is 23.9 Å². The van der Waals surface area contributed by atoms with Crippen LogP contribution in [0.1, 0.15) is 0 Å². The number of hydrogen-bond donors (Lipinski definition) is 1. The monoisotopic (exact) mass is 496 g/mol. The molecular weight excluding hydrogens is 474 g/mol. The molecule has 1 aromatic heterocycles. The Morgan fingerprint density at radius 2 is 1.60 bits per heavy atom. The number of para-hydroxylation sites is 2. The molecule has 0 unspecified atom stereocenters. The highest BCUT2D eigenvalue weighted by Crippen LogP contribution is 2.28. The number of halogens is 2. The maximum atomic E-state index is 13.5. The zero-order valence-electron chi connectivity index (χ0n) is 18.8. The summed E-state index contributed by atoms with van der Waals surface area (Å²) in [7, 11) is 1.56. The number of benzene rings is 3. The molecule has 4 aromatic rings. The van der Waals surface area contributed by atoms with Crippen LogP contribution in [0.4, 0.5) is 8.78 Å². The topological polar surface area (TPSA) is 78.3 Å². The molecular formula is C25H22F2N4O3S. The molecule has 0 fully saturated rings. The summed E-state index contributed by atoms with van der Waals surface area (Å²) in [6, 6.07) is 18.9. The minimum atomic E-state index is -0.380. The summed E-state index contributed by atoms with van der Waals surface area (Å²) >= 11 is 1.18. The lowest BCUT2D eigenvalue weighted by Gasteiger charge is -2.11. The number of ether oxygens (including phenoxy) is 2. The average molecular weight is 497 g/mol. The van der Waals surface area contributed by atoms with Crippen molar-refractivity contribution in [3.8, 4) is 28.6 Å². The molecule has 0 atom stereocenters. The van der Waals surface area contributed by atoms with Crippen molar-refractivity contribution >= 4 is 17.7 Å². The number of rotatable bonds is 10. The number of carbonyl (C=O) groups is 1. The largest absolute Gasteiger partial charge is 0.493 e. The van der Waals surface area contributed by atoms with E-state index < -0.39 is 0 Å². The van der Waals surface area contributed by atoms with E-state index in [1.54, 1.807) is 48.1 Å². The summed E-state index contributed by atoms with van der Waals surface area (Å²) in [5.41, 5.74) is 1.25. The molecule has 0 bridgehead atoms. The third-order valence-electron chi connectivity index (χ3n) is 4.90. The van der Waals surface area contributed by atoms with Gasteiger partial charge < -0.3 is 14.8 Å². The number of thioether (sulfide) groups is 1. The highest BCUT2D eigenvalue weighted by Gasteiger charge is 2.17. The zero-order valence-corrected chi connectivity index (χ0v) is 19.6. The molecule has 10 heteroatoms. The van der Waals surface area contributed by atoms with Crippen molar-refractivity contribution in [3.05, 3.63) is 84.4 Å². The Balaban J connectivity index is 1.40. The number of hydrogen-bond acceptors (Lipinski definition) is 6. The fraction of sp³-hybridized carbons (Fsp3) is 0.160. The minimum Gasteiger partial charge on any atom is -0.493 e. The maximum Gasteiger partial charge on any atom is 0.230 e. The minimum absolute atomic E-state index is 0.0808. The Hall–Kier alpha value is -3.92. The molecule has 0 spiro atoms. The number of nitrogens with zero attached hydrogens (tertiary/aromatic N) is 3. The van der Waals surface area contributed by atoms with Gasteiger partial charge >= 0.3 is 0 Å². The molecule has 0 aliphatic heterocycles. The summed E-state index contributed by atoms with van der Waals surface area (Å²) in [4.78, 5) is 12.4. The van der Waals surface area contributed by atoms with Gasteiger partial charge in [-0.25, -0.2) is 8.78 Å². The van der Waals surface area contributed by atoms with Crippen LogP contribution in [0.15, 0.2) is 78.0 Å². The summed E-state index contributed by atoms with van der Waals surface area (Å²) in [5, 5.41) is 11.7. The molecule has 1 N–H and O–H groups in total. The molecule has 1 amide bonds. The van der Waals surface area contributed by atoms with Crippen molar-refractivity contribution in [2.75, 3.05) is 26.0 Å². The van der Waals surface area contributed by atoms with Crippen LogP contribution in [-0.4, -0.2) is 46.7 Å². The summed E-state index contributed by atoms with van der Waals surface area (Å²) in [6.45, 7) is 0.584. The SMILES string of the molecule is COc1ccccc1OCCNC(=O)CSc1nnc(-c2ccc(F)cc2)n1-c1ccc(F)cc1. The van der Waals surface area contributed by atoms with E-state index in [-0.39, 0.29) is 29.9 Å². The van der Waals surface area contributed by atoms with Gasteiger partial charge in [0.05, 0.1) is 19.4 Å². The van der Waals surface area contributed by atoms with Crippen LogP contribution in [0.2, 0.25) is 0 Å². The Morgan fingerprint density at radius 3 is 2.29 bits per heavy atom. The second-order valence-electron chi connectivity index (χ2n) is 7.26. The Kier molecular flexibility index (Phi) is 7.94. The van der Waals surface area contributed by atoms with E-state index >= 15 is 0 Å².